The zero-order valence-corrected chi connectivity index (χ0v) is 21.0. The average molecular weight is 493 g/mol. The molecule has 0 N–H and O–H groups in total. The van der Waals surface area contributed by atoms with Gasteiger partial charge < -0.3 is 24.0 Å². The third kappa shape index (κ3) is 3.98. The minimum atomic E-state index is -0.546. The number of methoxy groups -OCH3 is 2. The summed E-state index contributed by atoms with van der Waals surface area (Å²) < 4.78 is 16.3. The van der Waals surface area contributed by atoms with Crippen LogP contribution in [0.15, 0.2) is 36.4 Å². The second kappa shape index (κ2) is 9.84. The molecule has 2 atom stereocenters. The molecule has 8 nitrogen and oxygen atoms in total. The van der Waals surface area contributed by atoms with Crippen molar-refractivity contribution >= 4 is 17.8 Å². The minimum absolute atomic E-state index is 0.0186. The van der Waals surface area contributed by atoms with Gasteiger partial charge in [0.1, 0.15) is 0 Å². The summed E-state index contributed by atoms with van der Waals surface area (Å²) in [5.74, 6) is 0.220. The predicted molar refractivity (Wildman–Crippen MR) is 132 cm³/mol. The number of nitrogens with zero attached hydrogens (tertiary/aromatic N) is 2. The standard InChI is InChI=1S/C28H32N2O6/c1-4-36-28(33)17-9-12-29(13-10-17)27(32)24-19-7-5-6-8-20(19)26(31)30-14-11-18-15-22(34-2)23(35-3)16-21(18)25(24)30/h5-8,15-17,24-25H,4,9-14H2,1-3H3. The van der Waals surface area contributed by atoms with Crippen molar-refractivity contribution in [2.75, 3.05) is 40.5 Å². The van der Waals surface area contributed by atoms with E-state index in [-0.39, 0.29) is 23.7 Å². The van der Waals surface area contributed by atoms with Crippen LogP contribution in [-0.2, 0) is 20.7 Å². The Labute approximate surface area is 211 Å². The van der Waals surface area contributed by atoms with Crippen molar-refractivity contribution in [3.8, 4) is 11.5 Å². The van der Waals surface area contributed by atoms with Crippen molar-refractivity contribution in [3.05, 3.63) is 58.7 Å². The second-order valence-electron chi connectivity index (χ2n) is 9.52. The molecule has 1 saturated heterocycles. The fourth-order valence-corrected chi connectivity index (χ4v) is 5.91. The summed E-state index contributed by atoms with van der Waals surface area (Å²) in [6.07, 6.45) is 1.83. The van der Waals surface area contributed by atoms with Crippen molar-refractivity contribution in [1.82, 2.24) is 9.80 Å². The van der Waals surface area contributed by atoms with Crippen molar-refractivity contribution in [3.63, 3.8) is 0 Å². The van der Waals surface area contributed by atoms with Crippen LogP contribution in [0.2, 0.25) is 0 Å². The maximum Gasteiger partial charge on any atom is 0.309 e. The van der Waals surface area contributed by atoms with Crippen LogP contribution in [0.5, 0.6) is 11.5 Å². The molecule has 0 aromatic heterocycles. The van der Waals surface area contributed by atoms with Crippen LogP contribution in [0, 0.1) is 5.92 Å². The lowest BCUT2D eigenvalue weighted by Crippen LogP contribution is -2.52. The van der Waals surface area contributed by atoms with Crippen LogP contribution in [0.1, 0.15) is 58.8 Å². The van der Waals surface area contributed by atoms with E-state index >= 15 is 0 Å². The highest BCUT2D eigenvalue weighted by atomic mass is 16.5. The van der Waals surface area contributed by atoms with Gasteiger partial charge >= 0.3 is 5.97 Å². The van der Waals surface area contributed by atoms with E-state index < -0.39 is 12.0 Å². The molecule has 0 spiro atoms. The molecule has 8 heteroatoms. The molecule has 190 valence electrons. The smallest absolute Gasteiger partial charge is 0.309 e. The molecule has 2 unspecified atom stereocenters. The first-order valence-corrected chi connectivity index (χ1v) is 12.6. The number of hydrogen-bond donors (Lipinski definition) is 0. The summed E-state index contributed by atoms with van der Waals surface area (Å²) in [6.45, 7) is 3.66. The Morgan fingerprint density at radius 3 is 2.36 bits per heavy atom. The Hall–Kier alpha value is -3.55. The monoisotopic (exact) mass is 492 g/mol. The predicted octanol–water partition coefficient (Wildman–Crippen LogP) is 3.34. The fourth-order valence-electron chi connectivity index (χ4n) is 5.91. The molecular weight excluding hydrogens is 460 g/mol. The van der Waals surface area contributed by atoms with Crippen molar-refractivity contribution in [2.45, 2.75) is 38.1 Å². The van der Waals surface area contributed by atoms with Gasteiger partial charge in [0.15, 0.2) is 11.5 Å². The molecule has 3 aliphatic heterocycles. The lowest BCUT2D eigenvalue weighted by Gasteiger charge is -2.46. The van der Waals surface area contributed by atoms with E-state index in [1.807, 2.05) is 46.2 Å². The number of esters is 1. The lowest BCUT2D eigenvalue weighted by molar-refractivity contribution is -0.151. The third-order valence-corrected chi connectivity index (χ3v) is 7.72. The number of likely N-dealkylation sites (tertiary alicyclic amines) is 1. The van der Waals surface area contributed by atoms with Gasteiger partial charge in [0.05, 0.1) is 38.7 Å². The Bertz CT molecular complexity index is 1190. The lowest BCUT2D eigenvalue weighted by atomic mass is 9.75. The van der Waals surface area contributed by atoms with E-state index in [0.717, 1.165) is 16.7 Å². The molecule has 2 amide bonds. The van der Waals surface area contributed by atoms with Crippen LogP contribution >= 0.6 is 0 Å². The number of piperidine rings is 1. The highest BCUT2D eigenvalue weighted by Crippen LogP contribution is 2.49. The molecule has 0 radical (unpaired) electrons. The second-order valence-corrected chi connectivity index (χ2v) is 9.52. The number of benzene rings is 2. The average Bonchev–Trinajstić information content (AvgIpc) is 2.92. The number of rotatable bonds is 5. The van der Waals surface area contributed by atoms with E-state index in [1.165, 1.54) is 0 Å². The fraction of sp³-hybridized carbons (Fsp3) is 0.464. The molecule has 2 aromatic rings. The van der Waals surface area contributed by atoms with Crippen molar-refractivity contribution < 1.29 is 28.6 Å². The summed E-state index contributed by atoms with van der Waals surface area (Å²) in [4.78, 5) is 43.6. The highest BCUT2D eigenvalue weighted by molar-refractivity contribution is 6.01. The Kier molecular flexibility index (Phi) is 6.60. The molecule has 3 heterocycles. The van der Waals surface area contributed by atoms with Crippen LogP contribution in [0.25, 0.3) is 0 Å². The Morgan fingerprint density at radius 2 is 1.67 bits per heavy atom. The van der Waals surface area contributed by atoms with Crippen molar-refractivity contribution in [2.24, 2.45) is 5.92 Å². The number of carbonyl (C=O) groups excluding carboxylic acids is 3. The van der Waals surface area contributed by atoms with Gasteiger partial charge in [-0.05, 0) is 61.1 Å². The molecule has 5 rings (SSSR count). The highest BCUT2D eigenvalue weighted by Gasteiger charge is 2.48. The zero-order valence-electron chi connectivity index (χ0n) is 21.0. The third-order valence-electron chi connectivity index (χ3n) is 7.72. The molecule has 0 saturated carbocycles. The molecular formula is C28H32N2O6. The quantitative estimate of drug-likeness (QED) is 0.596. The summed E-state index contributed by atoms with van der Waals surface area (Å²) in [5, 5.41) is 0. The van der Waals surface area contributed by atoms with Crippen molar-refractivity contribution in [1.29, 1.82) is 0 Å². The van der Waals surface area contributed by atoms with Crippen LogP contribution in [0.4, 0.5) is 0 Å². The van der Waals surface area contributed by atoms with Gasteiger partial charge in [-0.2, -0.15) is 0 Å². The summed E-state index contributed by atoms with van der Waals surface area (Å²) in [5.41, 5.74) is 3.31. The van der Waals surface area contributed by atoms with Gasteiger partial charge in [0, 0.05) is 25.2 Å². The summed E-state index contributed by atoms with van der Waals surface area (Å²) in [6, 6.07) is 10.9. The first kappa shape index (κ1) is 24.2. The Balaban J connectivity index is 1.53. The summed E-state index contributed by atoms with van der Waals surface area (Å²) >= 11 is 0. The topological polar surface area (TPSA) is 85.4 Å². The van der Waals surface area contributed by atoms with Gasteiger partial charge in [-0.15, -0.1) is 0 Å². The van der Waals surface area contributed by atoms with E-state index in [2.05, 4.69) is 0 Å². The molecule has 0 bridgehead atoms. The van der Waals surface area contributed by atoms with E-state index in [1.54, 1.807) is 21.1 Å². The van der Waals surface area contributed by atoms with Gasteiger partial charge in [-0.25, -0.2) is 0 Å². The largest absolute Gasteiger partial charge is 0.493 e. The maximum absolute atomic E-state index is 14.2. The van der Waals surface area contributed by atoms with Crippen LogP contribution in [0.3, 0.4) is 0 Å². The Morgan fingerprint density at radius 1 is 0.972 bits per heavy atom. The van der Waals surface area contributed by atoms with Crippen LogP contribution in [-0.4, -0.2) is 68.0 Å². The normalized spacial score (nSPS) is 21.2. The van der Waals surface area contributed by atoms with Gasteiger partial charge in [-0.3, -0.25) is 14.4 Å². The van der Waals surface area contributed by atoms with Gasteiger partial charge in [0.25, 0.3) is 5.91 Å². The number of fused-ring (bicyclic) bond motifs is 4. The molecule has 1 fully saturated rings. The number of ether oxygens (including phenoxy) is 3. The number of amides is 2. The van der Waals surface area contributed by atoms with Gasteiger partial charge in [-0.1, -0.05) is 18.2 Å². The van der Waals surface area contributed by atoms with E-state index in [9.17, 15) is 14.4 Å². The van der Waals surface area contributed by atoms with Gasteiger partial charge in [0.2, 0.25) is 5.91 Å². The SMILES string of the molecule is CCOC(=O)C1CCN(C(=O)C2c3ccccc3C(=O)N3CCc4cc(OC)c(OC)cc4C23)CC1. The maximum atomic E-state index is 14.2. The van der Waals surface area contributed by atoms with E-state index in [4.69, 9.17) is 14.2 Å². The van der Waals surface area contributed by atoms with E-state index in [0.29, 0.717) is 62.6 Å². The molecule has 0 aliphatic carbocycles. The molecule has 3 aliphatic rings. The number of hydrogen-bond acceptors (Lipinski definition) is 6. The zero-order chi connectivity index (χ0) is 25.4. The first-order valence-electron chi connectivity index (χ1n) is 12.6. The first-order chi connectivity index (χ1) is 17.5. The minimum Gasteiger partial charge on any atom is -0.493 e. The molecule has 36 heavy (non-hydrogen) atoms. The van der Waals surface area contributed by atoms with Crippen LogP contribution < -0.4 is 9.47 Å². The number of carbonyl (C=O) groups is 3. The molecule has 2 aromatic carbocycles. The summed E-state index contributed by atoms with van der Waals surface area (Å²) in [7, 11) is 3.19.